The van der Waals surface area contributed by atoms with E-state index in [0.717, 1.165) is 44.1 Å². The Hall–Kier alpha value is -2.55. The first-order valence-corrected chi connectivity index (χ1v) is 12.2. The third-order valence-corrected chi connectivity index (χ3v) is 7.04. The number of nitrogens with zero attached hydrogens (tertiary/aromatic N) is 2. The number of hydrogen-bond acceptors (Lipinski definition) is 5. The third-order valence-electron chi connectivity index (χ3n) is 5.10. The van der Waals surface area contributed by atoms with Gasteiger partial charge in [0.25, 0.3) is 10.0 Å². The van der Waals surface area contributed by atoms with E-state index in [1.807, 2.05) is 18.2 Å². The Kier molecular flexibility index (Phi) is 6.74. The number of aromatic nitrogens is 1. The second-order valence-corrected chi connectivity index (χ2v) is 9.83. The first-order valence-electron chi connectivity index (χ1n) is 9.92. The quantitative estimate of drug-likeness (QED) is 0.497. The molecule has 0 spiro atoms. The van der Waals surface area contributed by atoms with Crippen LogP contribution < -0.4 is 14.4 Å². The molecule has 0 amide bonds. The summed E-state index contributed by atoms with van der Waals surface area (Å²) in [5, 5.41) is -0.0982. The van der Waals surface area contributed by atoms with Gasteiger partial charge in [-0.3, -0.25) is 4.72 Å². The van der Waals surface area contributed by atoms with Gasteiger partial charge in [0.15, 0.2) is 0 Å². The Morgan fingerprint density at radius 2 is 1.75 bits per heavy atom. The summed E-state index contributed by atoms with van der Waals surface area (Å²) in [7, 11) is -3.99. The number of rotatable bonds is 6. The maximum absolute atomic E-state index is 13.3. The van der Waals surface area contributed by atoms with E-state index < -0.39 is 15.8 Å². The summed E-state index contributed by atoms with van der Waals surface area (Å²) in [5.41, 5.74) is 1.34. The predicted octanol–water partition coefficient (Wildman–Crippen LogP) is 5.38. The van der Waals surface area contributed by atoms with Gasteiger partial charge in [-0.15, -0.1) is 0 Å². The molecule has 1 aromatic heterocycles. The van der Waals surface area contributed by atoms with Crippen LogP contribution >= 0.6 is 23.2 Å². The Labute approximate surface area is 196 Å². The van der Waals surface area contributed by atoms with E-state index >= 15 is 0 Å². The molecule has 2 aromatic carbocycles. The van der Waals surface area contributed by atoms with Crippen molar-refractivity contribution < 1.29 is 17.5 Å². The first-order chi connectivity index (χ1) is 15.3. The highest BCUT2D eigenvalue weighted by Crippen LogP contribution is 2.30. The Morgan fingerprint density at radius 1 is 1.03 bits per heavy atom. The van der Waals surface area contributed by atoms with Crippen LogP contribution in [-0.2, 0) is 10.0 Å². The molecule has 2 heterocycles. The fourth-order valence-electron chi connectivity index (χ4n) is 3.45. The number of hydrogen-bond donors (Lipinski definition) is 1. The van der Waals surface area contributed by atoms with Gasteiger partial charge in [0.05, 0.1) is 21.8 Å². The molecular formula is C22H20Cl2FN3O3S. The van der Waals surface area contributed by atoms with Gasteiger partial charge in [-0.25, -0.2) is 17.8 Å². The molecule has 0 bridgehead atoms. The molecule has 1 aliphatic rings. The normalized spacial score (nSPS) is 14.9. The summed E-state index contributed by atoms with van der Waals surface area (Å²) in [4.78, 5) is 6.30. The minimum atomic E-state index is -3.99. The number of halogens is 3. The van der Waals surface area contributed by atoms with Gasteiger partial charge >= 0.3 is 0 Å². The highest BCUT2D eigenvalue weighted by molar-refractivity contribution is 7.92. The van der Waals surface area contributed by atoms with Gasteiger partial charge in [0.2, 0.25) is 5.88 Å². The average molecular weight is 496 g/mol. The summed E-state index contributed by atoms with van der Waals surface area (Å²) in [5.74, 6) is -0.455. The molecule has 0 unspecified atom stereocenters. The summed E-state index contributed by atoms with van der Waals surface area (Å²) in [6.45, 7) is 1.70. The van der Waals surface area contributed by atoms with Crippen LogP contribution in [0.1, 0.15) is 12.8 Å². The monoisotopic (exact) mass is 495 g/mol. The molecule has 1 saturated heterocycles. The molecule has 10 heteroatoms. The molecule has 3 aromatic rings. The van der Waals surface area contributed by atoms with Crippen LogP contribution in [0, 0.1) is 5.82 Å². The standard InChI is InChI=1S/C22H20Cl2FN3O3S/c23-19-13-18(6-7-21(19)25)32(29,30)27-15-12-20(24)22(26-14-15)31-17-8-10-28(11-9-17)16-4-2-1-3-5-16/h1-7,12-14,17,27H,8-11H2. The van der Waals surface area contributed by atoms with Crippen LogP contribution in [0.4, 0.5) is 15.8 Å². The summed E-state index contributed by atoms with van der Waals surface area (Å²) in [6.07, 6.45) is 2.91. The van der Waals surface area contributed by atoms with Crippen LogP contribution in [0.15, 0.2) is 65.7 Å². The molecule has 6 nitrogen and oxygen atoms in total. The van der Waals surface area contributed by atoms with Crippen molar-refractivity contribution in [2.24, 2.45) is 0 Å². The number of piperidine rings is 1. The van der Waals surface area contributed by atoms with Crippen molar-refractivity contribution >= 4 is 44.6 Å². The van der Waals surface area contributed by atoms with Crippen molar-refractivity contribution in [3.05, 3.63) is 76.7 Å². The Balaban J connectivity index is 1.39. The van der Waals surface area contributed by atoms with E-state index in [-0.39, 0.29) is 32.6 Å². The molecule has 32 heavy (non-hydrogen) atoms. The van der Waals surface area contributed by atoms with E-state index in [2.05, 4.69) is 26.7 Å². The van der Waals surface area contributed by atoms with E-state index in [1.54, 1.807) is 0 Å². The van der Waals surface area contributed by atoms with Crippen LogP contribution in [0.3, 0.4) is 0 Å². The van der Waals surface area contributed by atoms with E-state index in [4.69, 9.17) is 27.9 Å². The zero-order chi connectivity index (χ0) is 22.7. The Morgan fingerprint density at radius 3 is 2.41 bits per heavy atom. The number of para-hydroxylation sites is 1. The minimum Gasteiger partial charge on any atom is -0.473 e. The summed E-state index contributed by atoms with van der Waals surface area (Å²) in [6, 6.07) is 14.8. The topological polar surface area (TPSA) is 71.5 Å². The van der Waals surface area contributed by atoms with E-state index in [1.165, 1.54) is 18.0 Å². The zero-order valence-corrected chi connectivity index (χ0v) is 19.2. The van der Waals surface area contributed by atoms with Gasteiger partial charge in [0.1, 0.15) is 16.9 Å². The second-order valence-electron chi connectivity index (χ2n) is 7.33. The number of benzene rings is 2. The average Bonchev–Trinajstić information content (AvgIpc) is 2.78. The molecule has 1 aliphatic heterocycles. The van der Waals surface area contributed by atoms with E-state index in [0.29, 0.717) is 0 Å². The number of anilines is 2. The fraction of sp³-hybridized carbons (Fsp3) is 0.227. The van der Waals surface area contributed by atoms with Gasteiger partial charge in [0, 0.05) is 31.6 Å². The predicted molar refractivity (Wildman–Crippen MR) is 124 cm³/mol. The molecule has 0 saturated carbocycles. The molecule has 1 N–H and O–H groups in total. The first kappa shape index (κ1) is 22.6. The summed E-state index contributed by atoms with van der Waals surface area (Å²) >= 11 is 12.0. The SMILES string of the molecule is O=S(=O)(Nc1cnc(OC2CCN(c3ccccc3)CC2)c(Cl)c1)c1ccc(F)c(Cl)c1. The molecule has 0 atom stereocenters. The lowest BCUT2D eigenvalue weighted by atomic mass is 10.1. The van der Waals surface area contributed by atoms with Crippen molar-refractivity contribution in [3.8, 4) is 5.88 Å². The third kappa shape index (κ3) is 5.26. The van der Waals surface area contributed by atoms with E-state index in [9.17, 15) is 12.8 Å². The zero-order valence-electron chi connectivity index (χ0n) is 16.8. The van der Waals surface area contributed by atoms with Crippen molar-refractivity contribution in [2.45, 2.75) is 23.8 Å². The number of sulfonamides is 1. The Bertz CT molecular complexity index is 1200. The minimum absolute atomic E-state index is 0.0381. The molecular weight excluding hydrogens is 476 g/mol. The molecule has 168 valence electrons. The van der Waals surface area contributed by atoms with Gasteiger partial charge in [-0.2, -0.15) is 0 Å². The fourth-order valence-corrected chi connectivity index (χ4v) is 4.97. The smallest absolute Gasteiger partial charge is 0.261 e. The van der Waals surface area contributed by atoms with Crippen molar-refractivity contribution in [2.75, 3.05) is 22.7 Å². The maximum atomic E-state index is 13.3. The molecule has 1 fully saturated rings. The lowest BCUT2D eigenvalue weighted by molar-refractivity contribution is 0.164. The van der Waals surface area contributed by atoms with Crippen molar-refractivity contribution in [1.82, 2.24) is 4.98 Å². The van der Waals surface area contributed by atoms with Crippen molar-refractivity contribution in [3.63, 3.8) is 0 Å². The highest BCUT2D eigenvalue weighted by atomic mass is 35.5. The highest BCUT2D eigenvalue weighted by Gasteiger charge is 2.23. The van der Waals surface area contributed by atoms with Crippen LogP contribution in [-0.4, -0.2) is 32.6 Å². The van der Waals surface area contributed by atoms with Gasteiger partial charge in [-0.1, -0.05) is 41.4 Å². The van der Waals surface area contributed by atoms with Crippen LogP contribution in [0.5, 0.6) is 5.88 Å². The van der Waals surface area contributed by atoms with Crippen LogP contribution in [0.2, 0.25) is 10.0 Å². The molecule has 0 aliphatic carbocycles. The lowest BCUT2D eigenvalue weighted by Crippen LogP contribution is -2.38. The van der Waals surface area contributed by atoms with Gasteiger partial charge < -0.3 is 9.64 Å². The maximum Gasteiger partial charge on any atom is 0.261 e. The number of pyridine rings is 1. The number of ether oxygens (including phenoxy) is 1. The largest absolute Gasteiger partial charge is 0.473 e. The molecule has 0 radical (unpaired) electrons. The number of nitrogens with one attached hydrogen (secondary N) is 1. The summed E-state index contributed by atoms with van der Waals surface area (Å²) < 4.78 is 46.7. The second kappa shape index (κ2) is 9.52. The lowest BCUT2D eigenvalue weighted by Gasteiger charge is -2.33. The van der Waals surface area contributed by atoms with Crippen LogP contribution in [0.25, 0.3) is 0 Å². The molecule has 4 rings (SSSR count). The van der Waals surface area contributed by atoms with Gasteiger partial charge in [-0.05, 0) is 36.4 Å². The van der Waals surface area contributed by atoms with Crippen molar-refractivity contribution in [1.29, 1.82) is 0 Å².